The van der Waals surface area contributed by atoms with Gasteiger partial charge in [-0.15, -0.1) is 0 Å². The molecule has 4 nitrogen and oxygen atoms in total. The van der Waals surface area contributed by atoms with Crippen LogP contribution in [0, 0.1) is 0 Å². The largest absolute Gasteiger partial charge is 0.493 e. The first kappa shape index (κ1) is 13.5. The molecule has 0 atom stereocenters. The van der Waals surface area contributed by atoms with Crippen molar-refractivity contribution in [2.75, 3.05) is 27.3 Å². The van der Waals surface area contributed by atoms with Gasteiger partial charge in [-0.1, -0.05) is 0 Å². The lowest BCUT2D eigenvalue weighted by Crippen LogP contribution is -2.28. The standard InChI is InChI=1S/C13H16INO3/c1-17-11-7-9-3-5-15(13(14)16)6-4-10(9)8-12(11)18-2/h7-8H,3-6H2,1-2H3. The van der Waals surface area contributed by atoms with Crippen LogP contribution in [0.3, 0.4) is 0 Å². The Morgan fingerprint density at radius 2 is 1.56 bits per heavy atom. The topological polar surface area (TPSA) is 38.8 Å². The van der Waals surface area contributed by atoms with Crippen molar-refractivity contribution in [3.63, 3.8) is 0 Å². The molecule has 18 heavy (non-hydrogen) atoms. The number of carbonyl (C=O) groups is 1. The Morgan fingerprint density at radius 1 is 1.11 bits per heavy atom. The SMILES string of the molecule is COc1cc2c(cc1OC)CCN(C(=O)I)CC2. The molecular weight excluding hydrogens is 345 g/mol. The van der Waals surface area contributed by atoms with Gasteiger partial charge in [0.2, 0.25) is 0 Å². The van der Waals surface area contributed by atoms with E-state index < -0.39 is 0 Å². The van der Waals surface area contributed by atoms with E-state index in [4.69, 9.17) is 9.47 Å². The number of nitrogens with zero attached hydrogens (tertiary/aromatic N) is 1. The summed E-state index contributed by atoms with van der Waals surface area (Å²) in [6.45, 7) is 1.54. The third-order valence-corrected chi connectivity index (χ3v) is 3.94. The number of amides is 1. The van der Waals surface area contributed by atoms with Gasteiger partial charge in [0, 0.05) is 35.7 Å². The van der Waals surface area contributed by atoms with Crippen molar-refractivity contribution in [3.8, 4) is 11.5 Å². The van der Waals surface area contributed by atoms with Crippen LogP contribution in [0.2, 0.25) is 0 Å². The minimum absolute atomic E-state index is 0.110. The van der Waals surface area contributed by atoms with Gasteiger partial charge < -0.3 is 14.4 Å². The molecule has 1 aliphatic rings. The van der Waals surface area contributed by atoms with E-state index in [-0.39, 0.29) is 3.91 Å². The van der Waals surface area contributed by atoms with Gasteiger partial charge in [0.05, 0.1) is 14.2 Å². The van der Waals surface area contributed by atoms with E-state index in [0.717, 1.165) is 37.4 Å². The monoisotopic (exact) mass is 361 g/mol. The first-order chi connectivity index (χ1) is 8.65. The lowest BCUT2D eigenvalue weighted by Gasteiger charge is -2.16. The van der Waals surface area contributed by atoms with Gasteiger partial charge in [-0.25, -0.2) is 0 Å². The molecular formula is C13H16INO3. The fourth-order valence-corrected chi connectivity index (χ4v) is 2.71. The first-order valence-electron chi connectivity index (χ1n) is 5.84. The van der Waals surface area contributed by atoms with Crippen LogP contribution in [-0.4, -0.2) is 36.1 Å². The van der Waals surface area contributed by atoms with Crippen LogP contribution < -0.4 is 9.47 Å². The highest BCUT2D eigenvalue weighted by molar-refractivity contribution is 14.1. The number of benzene rings is 1. The fourth-order valence-electron chi connectivity index (χ4n) is 2.23. The van der Waals surface area contributed by atoms with Crippen LogP contribution in [0.1, 0.15) is 11.1 Å². The molecule has 2 rings (SSSR count). The molecule has 0 saturated heterocycles. The Labute approximate surface area is 120 Å². The van der Waals surface area contributed by atoms with Crippen LogP contribution in [0.25, 0.3) is 0 Å². The normalized spacial score (nSPS) is 14.7. The molecule has 0 saturated carbocycles. The Hall–Kier alpha value is -0.980. The molecule has 0 unspecified atom stereocenters. The molecule has 1 aromatic rings. The zero-order chi connectivity index (χ0) is 13.1. The third kappa shape index (κ3) is 2.71. The maximum Gasteiger partial charge on any atom is 0.283 e. The summed E-state index contributed by atoms with van der Waals surface area (Å²) < 4.78 is 10.7. The van der Waals surface area contributed by atoms with Gasteiger partial charge in [0.1, 0.15) is 0 Å². The van der Waals surface area contributed by atoms with Crippen LogP contribution in [0.5, 0.6) is 11.5 Å². The number of rotatable bonds is 2. The molecule has 0 radical (unpaired) electrons. The Balaban J connectivity index is 2.30. The zero-order valence-electron chi connectivity index (χ0n) is 10.5. The maximum atomic E-state index is 11.4. The molecule has 0 aromatic heterocycles. The van der Waals surface area contributed by atoms with Crippen LogP contribution >= 0.6 is 22.6 Å². The molecule has 0 fully saturated rings. The van der Waals surface area contributed by atoms with E-state index in [1.807, 2.05) is 39.6 Å². The van der Waals surface area contributed by atoms with E-state index in [9.17, 15) is 4.79 Å². The molecule has 0 aliphatic carbocycles. The average Bonchev–Trinajstić information content (AvgIpc) is 2.58. The highest BCUT2D eigenvalue weighted by atomic mass is 127. The van der Waals surface area contributed by atoms with Crippen molar-refractivity contribution in [3.05, 3.63) is 23.3 Å². The molecule has 0 N–H and O–H groups in total. The Bertz CT molecular complexity index is 427. The smallest absolute Gasteiger partial charge is 0.283 e. The zero-order valence-corrected chi connectivity index (χ0v) is 12.7. The van der Waals surface area contributed by atoms with Crippen molar-refractivity contribution in [1.82, 2.24) is 4.90 Å². The van der Waals surface area contributed by atoms with E-state index in [1.54, 1.807) is 14.2 Å². The minimum atomic E-state index is 0.110. The number of fused-ring (bicyclic) bond motifs is 1. The number of hydrogen-bond donors (Lipinski definition) is 0. The molecule has 5 heteroatoms. The van der Waals surface area contributed by atoms with Gasteiger partial charge in [-0.05, 0) is 36.1 Å². The molecule has 1 aromatic carbocycles. The number of ether oxygens (including phenoxy) is 2. The molecule has 1 amide bonds. The predicted octanol–water partition coefficient (Wildman–Crippen LogP) is 2.66. The third-order valence-electron chi connectivity index (χ3n) is 3.26. The summed E-state index contributed by atoms with van der Waals surface area (Å²) in [5.41, 5.74) is 2.49. The van der Waals surface area contributed by atoms with Crippen LogP contribution in [0.4, 0.5) is 4.79 Å². The number of hydrogen-bond acceptors (Lipinski definition) is 3. The average molecular weight is 361 g/mol. The lowest BCUT2D eigenvalue weighted by atomic mass is 10.0. The van der Waals surface area contributed by atoms with Gasteiger partial charge in [-0.2, -0.15) is 0 Å². The van der Waals surface area contributed by atoms with Gasteiger partial charge in [0.15, 0.2) is 11.5 Å². The van der Waals surface area contributed by atoms with Crippen molar-refractivity contribution >= 4 is 26.5 Å². The molecule has 98 valence electrons. The maximum absolute atomic E-state index is 11.4. The van der Waals surface area contributed by atoms with Crippen LogP contribution in [0.15, 0.2) is 12.1 Å². The Morgan fingerprint density at radius 3 is 1.89 bits per heavy atom. The minimum Gasteiger partial charge on any atom is -0.493 e. The van der Waals surface area contributed by atoms with E-state index in [2.05, 4.69) is 0 Å². The highest BCUT2D eigenvalue weighted by Crippen LogP contribution is 2.32. The van der Waals surface area contributed by atoms with Gasteiger partial charge in [-0.3, -0.25) is 4.79 Å². The molecule has 1 heterocycles. The summed E-state index contributed by atoms with van der Waals surface area (Å²) in [6.07, 6.45) is 1.73. The van der Waals surface area contributed by atoms with Crippen molar-refractivity contribution in [1.29, 1.82) is 0 Å². The summed E-state index contributed by atoms with van der Waals surface area (Å²) in [6, 6.07) is 4.05. The number of methoxy groups -OCH3 is 2. The summed E-state index contributed by atoms with van der Waals surface area (Å²) in [7, 11) is 3.28. The molecule has 0 spiro atoms. The van der Waals surface area contributed by atoms with Crippen LogP contribution in [-0.2, 0) is 12.8 Å². The van der Waals surface area contributed by atoms with Crippen molar-refractivity contribution in [2.24, 2.45) is 0 Å². The fraction of sp³-hybridized carbons (Fsp3) is 0.462. The van der Waals surface area contributed by atoms with Gasteiger partial charge >= 0.3 is 0 Å². The van der Waals surface area contributed by atoms with Gasteiger partial charge in [0.25, 0.3) is 3.91 Å². The molecule has 1 aliphatic heterocycles. The molecule has 0 bridgehead atoms. The predicted molar refractivity (Wildman–Crippen MR) is 77.9 cm³/mol. The highest BCUT2D eigenvalue weighted by Gasteiger charge is 2.18. The summed E-state index contributed by atoms with van der Waals surface area (Å²) in [5, 5.41) is 0. The van der Waals surface area contributed by atoms with E-state index >= 15 is 0 Å². The second kappa shape index (κ2) is 5.77. The quantitative estimate of drug-likeness (QED) is 0.462. The second-order valence-electron chi connectivity index (χ2n) is 4.22. The van der Waals surface area contributed by atoms with Crippen molar-refractivity contribution < 1.29 is 14.3 Å². The summed E-state index contributed by atoms with van der Waals surface area (Å²) >= 11 is 1.84. The number of halogens is 1. The summed E-state index contributed by atoms with van der Waals surface area (Å²) in [5.74, 6) is 1.51. The van der Waals surface area contributed by atoms with Crippen molar-refractivity contribution in [2.45, 2.75) is 12.8 Å². The summed E-state index contributed by atoms with van der Waals surface area (Å²) in [4.78, 5) is 13.3. The van der Waals surface area contributed by atoms with E-state index in [1.165, 1.54) is 11.1 Å². The second-order valence-corrected chi connectivity index (χ2v) is 5.14. The Kier molecular flexibility index (Phi) is 4.31. The number of carbonyl (C=O) groups excluding carboxylic acids is 1. The lowest BCUT2D eigenvalue weighted by molar-refractivity contribution is 0.228. The van der Waals surface area contributed by atoms with E-state index in [0.29, 0.717) is 0 Å². The first-order valence-corrected chi connectivity index (χ1v) is 6.91.